The van der Waals surface area contributed by atoms with Crippen molar-refractivity contribution in [1.29, 1.82) is 0 Å². The van der Waals surface area contributed by atoms with Gasteiger partial charge in [0.05, 0.1) is 0 Å². The average molecular weight is 268 g/mol. The van der Waals surface area contributed by atoms with Gasteiger partial charge in [0.1, 0.15) is 6.54 Å². The van der Waals surface area contributed by atoms with E-state index in [1.807, 2.05) is 0 Å². The second kappa shape index (κ2) is 5.31. The fraction of sp³-hybridized carbons (Fsp3) is 0.444. The summed E-state index contributed by atoms with van der Waals surface area (Å²) in [7, 11) is 0. The molecule has 1 aromatic heterocycles. The van der Waals surface area contributed by atoms with Crippen LogP contribution in [0.2, 0.25) is 5.15 Å². The van der Waals surface area contributed by atoms with Crippen molar-refractivity contribution in [3.05, 3.63) is 23.0 Å². The number of carbonyl (C=O) groups excluding carboxylic acids is 1. The number of alkyl halides is 3. The maximum atomic E-state index is 12.2. The number of aromatic nitrogens is 2. The molecule has 0 saturated carbocycles. The highest BCUT2D eigenvalue weighted by Gasteiger charge is 2.33. The van der Waals surface area contributed by atoms with E-state index in [2.05, 4.69) is 10.2 Å². The lowest BCUT2D eigenvalue weighted by molar-refractivity contribution is -0.140. The molecular formula is C9H9ClF3N3O. The monoisotopic (exact) mass is 267 g/mol. The molecule has 8 heteroatoms. The molecule has 1 rings (SSSR count). The summed E-state index contributed by atoms with van der Waals surface area (Å²) in [5.41, 5.74) is -0.166. The van der Waals surface area contributed by atoms with Gasteiger partial charge in [-0.2, -0.15) is 13.2 Å². The molecule has 0 aliphatic rings. The van der Waals surface area contributed by atoms with E-state index in [9.17, 15) is 18.0 Å². The van der Waals surface area contributed by atoms with Crippen LogP contribution in [0.1, 0.15) is 17.4 Å². The van der Waals surface area contributed by atoms with E-state index in [4.69, 9.17) is 11.6 Å². The van der Waals surface area contributed by atoms with E-state index < -0.39 is 18.6 Å². The first-order valence-electron chi connectivity index (χ1n) is 4.68. The Hall–Kier alpha value is -1.37. The lowest BCUT2D eigenvalue weighted by Crippen LogP contribution is -2.39. The third kappa shape index (κ3) is 4.18. The summed E-state index contributed by atoms with van der Waals surface area (Å²) in [4.78, 5) is 12.3. The highest BCUT2D eigenvalue weighted by atomic mass is 35.5. The van der Waals surface area contributed by atoms with Crippen molar-refractivity contribution in [2.45, 2.75) is 13.1 Å². The Kier molecular flexibility index (Phi) is 4.28. The number of hydrogen-bond acceptors (Lipinski definition) is 3. The molecule has 0 aliphatic carbocycles. The molecule has 0 spiro atoms. The van der Waals surface area contributed by atoms with Crippen LogP contribution in [0.15, 0.2) is 12.1 Å². The van der Waals surface area contributed by atoms with Crippen molar-refractivity contribution < 1.29 is 18.0 Å². The van der Waals surface area contributed by atoms with Crippen molar-refractivity contribution in [3.8, 4) is 0 Å². The molecule has 1 heterocycles. The molecule has 4 nitrogen and oxygen atoms in total. The van der Waals surface area contributed by atoms with Crippen LogP contribution in [0.3, 0.4) is 0 Å². The second-order valence-electron chi connectivity index (χ2n) is 3.18. The Balaban J connectivity index is 2.83. The maximum absolute atomic E-state index is 12.2. The molecule has 17 heavy (non-hydrogen) atoms. The zero-order valence-corrected chi connectivity index (χ0v) is 9.59. The van der Waals surface area contributed by atoms with Gasteiger partial charge in [-0.3, -0.25) is 4.79 Å². The predicted molar refractivity (Wildman–Crippen MR) is 54.7 cm³/mol. The van der Waals surface area contributed by atoms with Gasteiger partial charge in [-0.05, 0) is 19.1 Å². The molecule has 0 saturated heterocycles. The average Bonchev–Trinajstić information content (AvgIpc) is 2.25. The molecule has 1 amide bonds. The number of carbonyl (C=O) groups is 1. The highest BCUT2D eigenvalue weighted by Crippen LogP contribution is 2.17. The van der Waals surface area contributed by atoms with Gasteiger partial charge in [0.2, 0.25) is 0 Å². The standard InChI is InChI=1S/C9H9ClF3N3O/c1-2-16(5-9(11,12)13)8(17)6-3-4-7(10)15-14-6/h3-4H,2,5H2,1H3. The van der Waals surface area contributed by atoms with Gasteiger partial charge in [-0.15, -0.1) is 10.2 Å². The lowest BCUT2D eigenvalue weighted by Gasteiger charge is -2.21. The molecule has 0 fully saturated rings. The van der Waals surface area contributed by atoms with Gasteiger partial charge in [0.25, 0.3) is 5.91 Å². The highest BCUT2D eigenvalue weighted by molar-refractivity contribution is 6.29. The molecule has 0 bridgehead atoms. The number of amides is 1. The summed E-state index contributed by atoms with van der Waals surface area (Å²) < 4.78 is 36.5. The Bertz CT molecular complexity index is 393. The number of hydrogen-bond donors (Lipinski definition) is 0. The molecule has 0 atom stereocenters. The molecular weight excluding hydrogens is 259 g/mol. The van der Waals surface area contributed by atoms with Crippen LogP contribution in [-0.4, -0.2) is 40.3 Å². The molecule has 94 valence electrons. The van der Waals surface area contributed by atoms with Crippen molar-refractivity contribution in [3.63, 3.8) is 0 Å². The van der Waals surface area contributed by atoms with E-state index >= 15 is 0 Å². The summed E-state index contributed by atoms with van der Waals surface area (Å²) in [5.74, 6) is -0.825. The van der Waals surface area contributed by atoms with Crippen LogP contribution >= 0.6 is 11.6 Å². The number of halogens is 4. The predicted octanol–water partition coefficient (Wildman–Crippen LogP) is 2.15. The Morgan fingerprint density at radius 1 is 1.41 bits per heavy atom. The van der Waals surface area contributed by atoms with Crippen molar-refractivity contribution in [1.82, 2.24) is 15.1 Å². The third-order valence-electron chi connectivity index (χ3n) is 1.89. The van der Waals surface area contributed by atoms with Crippen LogP contribution in [0, 0.1) is 0 Å². The van der Waals surface area contributed by atoms with E-state index in [-0.39, 0.29) is 17.4 Å². The quantitative estimate of drug-likeness (QED) is 0.843. The molecule has 0 aliphatic heterocycles. The van der Waals surface area contributed by atoms with Gasteiger partial charge in [0, 0.05) is 6.54 Å². The van der Waals surface area contributed by atoms with Gasteiger partial charge < -0.3 is 4.90 Å². The van der Waals surface area contributed by atoms with Crippen molar-refractivity contribution >= 4 is 17.5 Å². The van der Waals surface area contributed by atoms with Crippen LogP contribution in [0.25, 0.3) is 0 Å². The molecule has 0 aromatic carbocycles. The summed E-state index contributed by atoms with van der Waals surface area (Å²) >= 11 is 5.46. The van der Waals surface area contributed by atoms with E-state index in [0.717, 1.165) is 0 Å². The first-order chi connectivity index (χ1) is 7.83. The largest absolute Gasteiger partial charge is 0.406 e. The minimum atomic E-state index is -4.44. The Morgan fingerprint density at radius 3 is 2.47 bits per heavy atom. The van der Waals surface area contributed by atoms with Gasteiger partial charge in [-0.1, -0.05) is 11.6 Å². The fourth-order valence-corrected chi connectivity index (χ4v) is 1.24. The summed E-state index contributed by atoms with van der Waals surface area (Å²) in [5, 5.41) is 6.91. The minimum absolute atomic E-state index is 0.0668. The van der Waals surface area contributed by atoms with Crippen LogP contribution in [-0.2, 0) is 0 Å². The van der Waals surface area contributed by atoms with Crippen molar-refractivity contribution in [2.75, 3.05) is 13.1 Å². The van der Waals surface area contributed by atoms with Gasteiger partial charge in [0.15, 0.2) is 10.8 Å². The van der Waals surface area contributed by atoms with E-state index in [1.54, 1.807) is 0 Å². The molecule has 0 radical (unpaired) electrons. The first kappa shape index (κ1) is 13.7. The SMILES string of the molecule is CCN(CC(F)(F)F)C(=O)c1ccc(Cl)nn1. The summed E-state index contributed by atoms with van der Waals surface area (Å²) in [6.45, 7) is 0.0717. The van der Waals surface area contributed by atoms with E-state index in [1.165, 1.54) is 19.1 Å². The van der Waals surface area contributed by atoms with Crippen LogP contribution < -0.4 is 0 Å². The molecule has 0 unspecified atom stereocenters. The lowest BCUT2D eigenvalue weighted by atomic mass is 10.3. The number of nitrogens with zero attached hydrogens (tertiary/aromatic N) is 3. The topological polar surface area (TPSA) is 46.1 Å². The molecule has 1 aromatic rings. The van der Waals surface area contributed by atoms with Crippen LogP contribution in [0.4, 0.5) is 13.2 Å². The fourth-order valence-electron chi connectivity index (χ4n) is 1.14. The zero-order chi connectivity index (χ0) is 13.1. The smallest absolute Gasteiger partial charge is 0.328 e. The van der Waals surface area contributed by atoms with Crippen LogP contribution in [0.5, 0.6) is 0 Å². The normalized spacial score (nSPS) is 11.4. The zero-order valence-electron chi connectivity index (χ0n) is 8.83. The van der Waals surface area contributed by atoms with E-state index in [0.29, 0.717) is 4.90 Å². The summed E-state index contributed by atoms with van der Waals surface area (Å²) in [6.07, 6.45) is -4.44. The maximum Gasteiger partial charge on any atom is 0.406 e. The van der Waals surface area contributed by atoms with Crippen molar-refractivity contribution in [2.24, 2.45) is 0 Å². The minimum Gasteiger partial charge on any atom is -0.328 e. The molecule has 0 N–H and O–H groups in total. The van der Waals surface area contributed by atoms with Gasteiger partial charge >= 0.3 is 6.18 Å². The first-order valence-corrected chi connectivity index (χ1v) is 5.06. The second-order valence-corrected chi connectivity index (χ2v) is 3.56. The number of rotatable bonds is 3. The Morgan fingerprint density at radius 2 is 2.06 bits per heavy atom. The third-order valence-corrected chi connectivity index (χ3v) is 2.09. The summed E-state index contributed by atoms with van der Waals surface area (Å²) in [6, 6.07) is 2.53. The van der Waals surface area contributed by atoms with Gasteiger partial charge in [-0.25, -0.2) is 0 Å². The Labute approximate surface area is 100 Å².